The molecule has 4 rings (SSSR count). The van der Waals surface area contributed by atoms with E-state index >= 15 is 0 Å². The number of amides is 2. The van der Waals surface area contributed by atoms with Gasteiger partial charge in [0.2, 0.25) is 5.91 Å². The van der Waals surface area contributed by atoms with E-state index in [1.54, 1.807) is 18.7 Å². The largest absolute Gasteiger partial charge is 0.476 e. The molecule has 1 aliphatic carbocycles. The Kier molecular flexibility index (Phi) is 10.7. The second kappa shape index (κ2) is 13.9. The fourth-order valence-electron chi connectivity index (χ4n) is 6.70. The van der Waals surface area contributed by atoms with Crippen molar-refractivity contribution in [2.24, 2.45) is 29.6 Å². The molecule has 3 aliphatic rings. The van der Waals surface area contributed by atoms with Gasteiger partial charge in [0.05, 0.1) is 18.2 Å². The minimum absolute atomic E-state index is 0.0626. The van der Waals surface area contributed by atoms with Crippen molar-refractivity contribution in [3.63, 3.8) is 0 Å². The number of nitrogens with zero attached hydrogens (tertiary/aromatic N) is 2. The zero-order valence-corrected chi connectivity index (χ0v) is 26.9. The summed E-state index contributed by atoms with van der Waals surface area (Å²) in [6, 6.07) is 5.88. The average Bonchev–Trinajstić information content (AvgIpc) is 3.75. The number of anilines is 2. The SMILES string of the molecule is CCOCCN1C(=O)C(C)(C)Oc2ccc(N(C(=O)[C@H]3CNC[C@@H](C(=O)CC(CC(C)C)CC(C)C)C3)C3CC3)cc21. The number of hydrogen-bond acceptors (Lipinski definition) is 6. The molecule has 2 atom stereocenters. The van der Waals surface area contributed by atoms with Gasteiger partial charge in [-0.25, -0.2) is 0 Å². The maximum Gasteiger partial charge on any atom is 0.270 e. The molecule has 8 nitrogen and oxygen atoms in total. The molecular formula is C34H53N3O5. The number of ether oxygens (including phenoxy) is 2. The van der Waals surface area contributed by atoms with Crippen LogP contribution in [0, 0.1) is 29.6 Å². The first-order chi connectivity index (χ1) is 19.9. The fraction of sp³-hybridized carbons (Fsp3) is 0.735. The summed E-state index contributed by atoms with van der Waals surface area (Å²) in [6.45, 7) is 17.0. The standard InChI is InChI=1S/C34H53N3O5/c1-8-41-14-13-36-29-19-28(11-12-31(29)42-34(6,7)33(36)40)37(27-9-10-27)32(39)26-18-25(20-35-21-26)30(38)17-24(15-22(2)3)16-23(4)5/h11-12,19,22-27,35H,8-10,13-18,20-21H2,1-7H3/t25-,26+/m0/s1. The van der Waals surface area contributed by atoms with Gasteiger partial charge in [0.25, 0.3) is 5.91 Å². The summed E-state index contributed by atoms with van der Waals surface area (Å²) < 4.78 is 11.7. The molecule has 1 N–H and O–H groups in total. The molecule has 0 aromatic heterocycles. The Morgan fingerprint density at radius 2 is 1.76 bits per heavy atom. The molecule has 0 unspecified atom stereocenters. The van der Waals surface area contributed by atoms with Crippen LogP contribution in [0.25, 0.3) is 0 Å². The number of fused-ring (bicyclic) bond motifs is 1. The highest BCUT2D eigenvalue weighted by atomic mass is 16.5. The monoisotopic (exact) mass is 583 g/mol. The van der Waals surface area contributed by atoms with E-state index in [1.807, 2.05) is 30.0 Å². The lowest BCUT2D eigenvalue weighted by Gasteiger charge is -2.39. The van der Waals surface area contributed by atoms with E-state index in [2.05, 4.69) is 33.0 Å². The smallest absolute Gasteiger partial charge is 0.270 e. The third-order valence-electron chi connectivity index (χ3n) is 8.70. The number of Topliss-reactive ketones (excluding diaryl/α,β-unsaturated/α-hetero) is 1. The van der Waals surface area contributed by atoms with E-state index in [0.717, 1.165) is 31.4 Å². The Labute approximate surface area is 252 Å². The molecule has 2 heterocycles. The van der Waals surface area contributed by atoms with Gasteiger partial charge in [-0.3, -0.25) is 14.4 Å². The first kappa shape index (κ1) is 32.5. The quantitative estimate of drug-likeness (QED) is 0.286. The van der Waals surface area contributed by atoms with Crippen molar-refractivity contribution in [1.82, 2.24) is 5.32 Å². The van der Waals surface area contributed by atoms with Crippen LogP contribution in [-0.2, 0) is 19.1 Å². The molecule has 2 amide bonds. The molecule has 234 valence electrons. The highest BCUT2D eigenvalue weighted by Gasteiger charge is 2.43. The van der Waals surface area contributed by atoms with Crippen LogP contribution in [0.5, 0.6) is 5.75 Å². The van der Waals surface area contributed by atoms with Gasteiger partial charge in [0.15, 0.2) is 5.60 Å². The molecule has 0 radical (unpaired) electrons. The van der Waals surface area contributed by atoms with E-state index in [4.69, 9.17) is 9.47 Å². The number of ketones is 1. The summed E-state index contributed by atoms with van der Waals surface area (Å²) in [4.78, 5) is 44.6. The van der Waals surface area contributed by atoms with E-state index in [9.17, 15) is 14.4 Å². The third kappa shape index (κ3) is 7.93. The van der Waals surface area contributed by atoms with E-state index in [1.165, 1.54) is 0 Å². The van der Waals surface area contributed by atoms with E-state index in [0.29, 0.717) is 80.7 Å². The molecule has 1 saturated heterocycles. The van der Waals surface area contributed by atoms with Crippen LogP contribution in [0.1, 0.15) is 87.0 Å². The minimum Gasteiger partial charge on any atom is -0.476 e. The van der Waals surface area contributed by atoms with Gasteiger partial charge in [0, 0.05) is 50.3 Å². The predicted molar refractivity (Wildman–Crippen MR) is 167 cm³/mol. The third-order valence-corrected chi connectivity index (χ3v) is 8.70. The average molecular weight is 584 g/mol. The van der Waals surface area contributed by atoms with Crippen LogP contribution in [0.4, 0.5) is 11.4 Å². The Bertz CT molecular complexity index is 1100. The summed E-state index contributed by atoms with van der Waals surface area (Å²) >= 11 is 0. The maximum atomic E-state index is 14.1. The zero-order valence-electron chi connectivity index (χ0n) is 26.9. The number of carbonyl (C=O) groups is 3. The van der Waals surface area contributed by atoms with Gasteiger partial charge in [-0.1, -0.05) is 27.7 Å². The highest BCUT2D eigenvalue weighted by Crippen LogP contribution is 2.43. The Morgan fingerprint density at radius 1 is 1.10 bits per heavy atom. The summed E-state index contributed by atoms with van der Waals surface area (Å²) in [5, 5.41) is 3.41. The molecule has 42 heavy (non-hydrogen) atoms. The lowest BCUT2D eigenvalue weighted by Crippen LogP contribution is -2.53. The Hall–Kier alpha value is -2.45. The summed E-state index contributed by atoms with van der Waals surface area (Å²) in [7, 11) is 0. The molecule has 2 fully saturated rings. The lowest BCUT2D eigenvalue weighted by molar-refractivity contribution is -0.133. The topological polar surface area (TPSA) is 88.2 Å². The number of nitrogens with one attached hydrogen (secondary N) is 1. The van der Waals surface area contributed by atoms with Crippen molar-refractivity contribution in [2.45, 2.75) is 98.6 Å². The van der Waals surface area contributed by atoms with E-state index < -0.39 is 5.60 Å². The highest BCUT2D eigenvalue weighted by molar-refractivity contribution is 6.04. The van der Waals surface area contributed by atoms with E-state index in [-0.39, 0.29) is 29.7 Å². The minimum atomic E-state index is -0.981. The van der Waals surface area contributed by atoms with Gasteiger partial charge in [-0.05, 0) is 88.8 Å². The second-order valence-corrected chi connectivity index (χ2v) is 13.9. The van der Waals surface area contributed by atoms with Gasteiger partial charge in [0.1, 0.15) is 11.5 Å². The summed E-state index contributed by atoms with van der Waals surface area (Å²) in [5.41, 5.74) is 0.470. The van der Waals surface area contributed by atoms with Crippen molar-refractivity contribution >= 4 is 29.0 Å². The van der Waals surface area contributed by atoms with Gasteiger partial charge in [-0.15, -0.1) is 0 Å². The number of benzene rings is 1. The molecule has 0 bridgehead atoms. The molecule has 0 spiro atoms. The van der Waals surface area contributed by atoms with Gasteiger partial charge in [-0.2, -0.15) is 0 Å². The Morgan fingerprint density at radius 3 is 2.38 bits per heavy atom. The summed E-state index contributed by atoms with van der Waals surface area (Å²) in [6.07, 6.45) is 5.21. The number of rotatable bonds is 14. The van der Waals surface area contributed by atoms with Crippen LogP contribution in [-0.4, -0.2) is 62.1 Å². The maximum absolute atomic E-state index is 14.1. The molecule has 1 saturated carbocycles. The number of hydrogen-bond donors (Lipinski definition) is 1. The fourth-order valence-corrected chi connectivity index (χ4v) is 6.70. The summed E-state index contributed by atoms with van der Waals surface area (Å²) in [5.74, 6) is 1.98. The van der Waals surface area contributed by atoms with Crippen LogP contribution in [0.15, 0.2) is 18.2 Å². The molecular weight excluding hydrogens is 530 g/mol. The Balaban J connectivity index is 1.52. The second-order valence-electron chi connectivity index (χ2n) is 13.9. The van der Waals surface area contributed by atoms with Crippen molar-refractivity contribution in [3.05, 3.63) is 18.2 Å². The van der Waals surface area contributed by atoms with Gasteiger partial charge < -0.3 is 24.6 Å². The zero-order chi connectivity index (χ0) is 30.6. The number of carbonyl (C=O) groups excluding carboxylic acids is 3. The van der Waals surface area contributed by atoms with Crippen LogP contribution in [0.2, 0.25) is 0 Å². The van der Waals surface area contributed by atoms with Gasteiger partial charge >= 0.3 is 0 Å². The van der Waals surface area contributed by atoms with Crippen molar-refractivity contribution in [3.8, 4) is 5.75 Å². The molecule has 1 aromatic rings. The van der Waals surface area contributed by atoms with Crippen LogP contribution < -0.4 is 19.9 Å². The van der Waals surface area contributed by atoms with Crippen molar-refractivity contribution in [2.75, 3.05) is 42.6 Å². The lowest BCUT2D eigenvalue weighted by atomic mass is 9.80. The predicted octanol–water partition coefficient (Wildman–Crippen LogP) is 5.62. The first-order valence-electron chi connectivity index (χ1n) is 16.2. The molecule has 1 aromatic carbocycles. The van der Waals surface area contributed by atoms with Crippen LogP contribution in [0.3, 0.4) is 0 Å². The first-order valence-corrected chi connectivity index (χ1v) is 16.2. The van der Waals surface area contributed by atoms with Crippen molar-refractivity contribution in [1.29, 1.82) is 0 Å². The van der Waals surface area contributed by atoms with Crippen LogP contribution >= 0.6 is 0 Å². The van der Waals surface area contributed by atoms with Crippen molar-refractivity contribution < 1.29 is 23.9 Å². The molecule has 2 aliphatic heterocycles. The number of piperidine rings is 1. The molecule has 8 heteroatoms. The normalized spacial score (nSPS) is 22.0.